The number of amides is 4. The Morgan fingerprint density at radius 1 is 1.23 bits per heavy atom. The Morgan fingerprint density at radius 3 is 2.77 bits per heavy atom. The highest BCUT2D eigenvalue weighted by Gasteiger charge is 2.36. The lowest BCUT2D eigenvalue weighted by molar-refractivity contribution is -0.123. The molecule has 3 aromatic rings. The van der Waals surface area contributed by atoms with Crippen LogP contribution in [0.4, 0.5) is 22.0 Å². The maximum absolute atomic E-state index is 12.6. The summed E-state index contributed by atoms with van der Waals surface area (Å²) in [5.74, 6) is 0.706. The number of imidazole rings is 1. The van der Waals surface area contributed by atoms with Gasteiger partial charge in [-0.3, -0.25) is 19.4 Å². The van der Waals surface area contributed by atoms with Gasteiger partial charge in [-0.2, -0.15) is 0 Å². The summed E-state index contributed by atoms with van der Waals surface area (Å²) in [4.78, 5) is 46.7. The van der Waals surface area contributed by atoms with E-state index in [-0.39, 0.29) is 18.5 Å². The number of likely N-dealkylation sites (N-methyl/N-ethyl adjacent to an activating group) is 1. The number of nitrogens with zero attached hydrogens (tertiary/aromatic N) is 5. The van der Waals surface area contributed by atoms with Gasteiger partial charge in [-0.05, 0) is 36.5 Å². The van der Waals surface area contributed by atoms with E-state index in [0.29, 0.717) is 36.0 Å². The van der Waals surface area contributed by atoms with Crippen molar-refractivity contribution in [3.8, 4) is 0 Å². The summed E-state index contributed by atoms with van der Waals surface area (Å²) in [6.45, 7) is 0.459. The second-order valence-corrected chi connectivity index (χ2v) is 7.76. The Morgan fingerprint density at radius 2 is 2.06 bits per heavy atom. The predicted octanol–water partition coefficient (Wildman–Crippen LogP) is 2.19. The lowest BCUT2D eigenvalue weighted by atomic mass is 10.1. The Hall–Kier alpha value is -3.95. The van der Waals surface area contributed by atoms with Crippen LogP contribution in [0, 0.1) is 0 Å². The van der Waals surface area contributed by atoms with Gasteiger partial charge in [0.05, 0.1) is 17.9 Å². The van der Waals surface area contributed by atoms with Crippen LogP contribution in [0.25, 0.3) is 5.65 Å². The Kier molecular flexibility index (Phi) is 4.54. The number of anilines is 3. The number of hydrogen-bond acceptors (Lipinski definition) is 6. The molecular weight excluding hydrogens is 398 g/mol. The van der Waals surface area contributed by atoms with Crippen molar-refractivity contribution in [1.82, 2.24) is 19.3 Å². The minimum absolute atomic E-state index is 0.0169. The van der Waals surface area contributed by atoms with Crippen LogP contribution >= 0.6 is 0 Å². The molecule has 10 nitrogen and oxygen atoms in total. The van der Waals surface area contributed by atoms with Gasteiger partial charge in [0.15, 0.2) is 5.65 Å². The Labute approximate surface area is 177 Å². The number of nitrogens with one attached hydrogen (secondary N) is 2. The highest BCUT2D eigenvalue weighted by Crippen LogP contribution is 2.42. The molecule has 1 aliphatic carbocycles. The molecule has 1 aliphatic heterocycles. The second-order valence-electron chi connectivity index (χ2n) is 7.76. The third kappa shape index (κ3) is 3.56. The summed E-state index contributed by atoms with van der Waals surface area (Å²) in [5.41, 5.74) is 4.00. The van der Waals surface area contributed by atoms with Crippen LogP contribution in [0.15, 0.2) is 36.8 Å². The summed E-state index contributed by atoms with van der Waals surface area (Å²) < 4.78 is 1.93. The average molecular weight is 419 g/mol. The maximum atomic E-state index is 12.6. The first-order valence-corrected chi connectivity index (χ1v) is 10.0. The molecule has 0 unspecified atom stereocenters. The molecule has 10 heteroatoms. The van der Waals surface area contributed by atoms with E-state index in [1.165, 1.54) is 11.9 Å². The van der Waals surface area contributed by atoms with E-state index in [9.17, 15) is 14.4 Å². The van der Waals surface area contributed by atoms with Crippen molar-refractivity contribution in [2.24, 2.45) is 0 Å². The van der Waals surface area contributed by atoms with E-state index in [0.717, 1.165) is 34.7 Å². The van der Waals surface area contributed by atoms with Crippen molar-refractivity contribution >= 4 is 41.2 Å². The first kappa shape index (κ1) is 19.0. The van der Waals surface area contributed by atoms with Crippen LogP contribution in [0.1, 0.15) is 30.0 Å². The van der Waals surface area contributed by atoms with Crippen molar-refractivity contribution in [2.75, 3.05) is 29.1 Å². The van der Waals surface area contributed by atoms with Crippen LogP contribution < -0.4 is 15.5 Å². The van der Waals surface area contributed by atoms with Crippen molar-refractivity contribution in [2.45, 2.75) is 25.3 Å². The molecule has 1 saturated carbocycles. The summed E-state index contributed by atoms with van der Waals surface area (Å²) >= 11 is 0. The van der Waals surface area contributed by atoms with E-state index >= 15 is 0 Å². The number of hydrogen-bond donors (Lipinski definition) is 2. The van der Waals surface area contributed by atoms with Gasteiger partial charge in [0.1, 0.15) is 12.4 Å². The van der Waals surface area contributed by atoms with E-state index in [4.69, 9.17) is 4.98 Å². The van der Waals surface area contributed by atoms with Crippen molar-refractivity contribution in [3.63, 3.8) is 0 Å². The fourth-order valence-corrected chi connectivity index (χ4v) is 3.73. The number of carbonyl (C=O) groups excluding carboxylic acids is 3. The fraction of sp³-hybridized carbons (Fsp3) is 0.286. The third-order valence-electron chi connectivity index (χ3n) is 5.57. The van der Waals surface area contributed by atoms with E-state index in [1.807, 2.05) is 16.7 Å². The molecule has 4 amide bonds. The molecular formula is C21H21N7O3. The Balaban J connectivity index is 1.46. The van der Waals surface area contributed by atoms with Crippen LogP contribution in [-0.4, -0.2) is 51.2 Å². The monoisotopic (exact) mass is 419 g/mol. The molecule has 2 aliphatic rings. The average Bonchev–Trinajstić information content (AvgIpc) is 3.49. The topological polar surface area (TPSA) is 112 Å². The van der Waals surface area contributed by atoms with E-state index in [1.54, 1.807) is 18.3 Å². The zero-order chi connectivity index (χ0) is 21.5. The van der Waals surface area contributed by atoms with E-state index < -0.39 is 0 Å². The van der Waals surface area contributed by atoms with Gasteiger partial charge in [-0.25, -0.2) is 14.8 Å². The van der Waals surface area contributed by atoms with E-state index in [2.05, 4.69) is 21.8 Å². The lowest BCUT2D eigenvalue weighted by Crippen LogP contribution is -2.30. The second kappa shape index (κ2) is 7.38. The highest BCUT2D eigenvalue weighted by molar-refractivity contribution is 6.13. The summed E-state index contributed by atoms with van der Waals surface area (Å²) in [6, 6.07) is 5.18. The SMILES string of the molecule is CN1C(=O)CN(c2cc(C3CC3)cn3cc(CNc4ccnc(NC=O)c4)nc23)C1=O. The quantitative estimate of drug-likeness (QED) is 0.448. The minimum atomic E-state index is -0.338. The molecule has 31 heavy (non-hydrogen) atoms. The summed E-state index contributed by atoms with van der Waals surface area (Å²) in [6.07, 6.45) is 8.41. The first-order valence-electron chi connectivity index (χ1n) is 10.0. The number of carbonyl (C=O) groups is 3. The molecule has 0 atom stereocenters. The molecule has 3 aromatic heterocycles. The third-order valence-corrected chi connectivity index (χ3v) is 5.57. The lowest BCUT2D eigenvalue weighted by Gasteiger charge is -2.17. The van der Waals surface area contributed by atoms with Crippen molar-refractivity contribution in [3.05, 3.63) is 48.0 Å². The van der Waals surface area contributed by atoms with Gasteiger partial charge in [0, 0.05) is 37.4 Å². The minimum Gasteiger partial charge on any atom is -0.379 e. The number of aromatic nitrogens is 3. The zero-order valence-corrected chi connectivity index (χ0v) is 16.9. The summed E-state index contributed by atoms with van der Waals surface area (Å²) in [5, 5.41) is 5.79. The van der Waals surface area contributed by atoms with Gasteiger partial charge in [0.25, 0.3) is 0 Å². The number of fused-ring (bicyclic) bond motifs is 1. The molecule has 0 radical (unpaired) electrons. The maximum Gasteiger partial charge on any atom is 0.331 e. The molecule has 0 bridgehead atoms. The number of imide groups is 1. The number of urea groups is 1. The molecule has 2 fully saturated rings. The van der Waals surface area contributed by atoms with Gasteiger partial charge in [0.2, 0.25) is 12.3 Å². The molecule has 0 spiro atoms. The standard InChI is InChI=1S/C21H21N7O3/c1-26-19(30)11-28(21(26)31)17-6-14(13-2-3-13)9-27-10-16(25-20(17)27)8-23-15-4-5-22-18(7-15)24-12-29/h4-7,9-10,12-13H,2-3,8,11H2,1H3,(H2,22,23,24,29). The van der Waals surface area contributed by atoms with Crippen LogP contribution in [0.2, 0.25) is 0 Å². The number of rotatable bonds is 7. The molecule has 0 aromatic carbocycles. The highest BCUT2D eigenvalue weighted by atomic mass is 16.2. The zero-order valence-electron chi connectivity index (χ0n) is 16.9. The first-order chi connectivity index (χ1) is 15.0. The smallest absolute Gasteiger partial charge is 0.331 e. The van der Waals surface area contributed by atoms with Crippen LogP contribution in [0.3, 0.4) is 0 Å². The van der Waals surface area contributed by atoms with Crippen LogP contribution in [-0.2, 0) is 16.1 Å². The van der Waals surface area contributed by atoms with Crippen molar-refractivity contribution < 1.29 is 14.4 Å². The predicted molar refractivity (Wildman–Crippen MR) is 114 cm³/mol. The van der Waals surface area contributed by atoms with Gasteiger partial charge in [-0.15, -0.1) is 0 Å². The molecule has 5 rings (SSSR count). The van der Waals surface area contributed by atoms with Gasteiger partial charge in [-0.1, -0.05) is 0 Å². The Bertz CT molecular complexity index is 1200. The van der Waals surface area contributed by atoms with Crippen LogP contribution in [0.5, 0.6) is 0 Å². The molecule has 4 heterocycles. The molecule has 2 N–H and O–H groups in total. The molecule has 158 valence electrons. The summed E-state index contributed by atoms with van der Waals surface area (Å²) in [7, 11) is 1.50. The number of pyridine rings is 2. The molecule has 1 saturated heterocycles. The van der Waals surface area contributed by atoms with Gasteiger partial charge < -0.3 is 15.0 Å². The normalized spacial score (nSPS) is 16.3. The van der Waals surface area contributed by atoms with Gasteiger partial charge >= 0.3 is 6.03 Å². The largest absolute Gasteiger partial charge is 0.379 e. The van der Waals surface area contributed by atoms with Crippen molar-refractivity contribution in [1.29, 1.82) is 0 Å². The fourth-order valence-electron chi connectivity index (χ4n) is 3.73.